The van der Waals surface area contributed by atoms with E-state index >= 15 is 0 Å². The molecule has 1 nitrogen and oxygen atoms in total. The summed E-state index contributed by atoms with van der Waals surface area (Å²) < 4.78 is 0. The minimum Gasteiger partial charge on any atom is -0.310 e. The third kappa shape index (κ3) is 3.81. The molecule has 14 rings (SSSR count). The van der Waals surface area contributed by atoms with Gasteiger partial charge >= 0.3 is 0 Å². The van der Waals surface area contributed by atoms with Crippen molar-refractivity contribution in [2.45, 2.75) is 87.9 Å². The van der Waals surface area contributed by atoms with E-state index in [1.807, 2.05) is 0 Å². The van der Waals surface area contributed by atoms with Crippen molar-refractivity contribution in [1.82, 2.24) is 0 Å². The Labute approximate surface area is 326 Å². The molecule has 2 spiro atoms. The first-order valence-electron chi connectivity index (χ1n) is 21.5. The molecule has 5 fully saturated rings. The first-order chi connectivity index (χ1) is 27.0. The summed E-state index contributed by atoms with van der Waals surface area (Å²) in [6.45, 7) is 4.87. The van der Waals surface area contributed by atoms with Gasteiger partial charge in [-0.3, -0.25) is 0 Å². The molecule has 0 aliphatic heterocycles. The van der Waals surface area contributed by atoms with E-state index in [0.29, 0.717) is 11.8 Å². The molecule has 0 N–H and O–H groups in total. The van der Waals surface area contributed by atoms with Crippen LogP contribution in [0.2, 0.25) is 0 Å². The van der Waals surface area contributed by atoms with Crippen molar-refractivity contribution in [1.29, 1.82) is 0 Å². The lowest BCUT2D eigenvalue weighted by Crippen LogP contribution is -2.55. The first-order valence-corrected chi connectivity index (χ1v) is 21.5. The van der Waals surface area contributed by atoms with Gasteiger partial charge in [0.05, 0.1) is 5.69 Å². The van der Waals surface area contributed by atoms with E-state index < -0.39 is 0 Å². The Kier molecular flexibility index (Phi) is 6.09. The molecule has 270 valence electrons. The van der Waals surface area contributed by atoms with Gasteiger partial charge in [0, 0.05) is 27.6 Å². The maximum atomic E-state index is 2.74. The second-order valence-electron chi connectivity index (χ2n) is 19.2. The van der Waals surface area contributed by atoms with E-state index in [0.717, 1.165) is 11.8 Å². The van der Waals surface area contributed by atoms with Gasteiger partial charge in [-0.1, -0.05) is 124 Å². The molecule has 1 heteroatoms. The van der Waals surface area contributed by atoms with Gasteiger partial charge in [0.15, 0.2) is 0 Å². The molecular formula is C54H49N. The summed E-state index contributed by atoms with van der Waals surface area (Å²) in [6, 6.07) is 50.5. The van der Waals surface area contributed by atoms with E-state index in [1.165, 1.54) is 119 Å². The molecule has 5 saturated carbocycles. The lowest BCUT2D eigenvalue weighted by molar-refractivity contribution is -0.0397. The van der Waals surface area contributed by atoms with Crippen LogP contribution in [-0.2, 0) is 16.2 Å². The van der Waals surface area contributed by atoms with Crippen molar-refractivity contribution in [2.24, 2.45) is 23.7 Å². The average Bonchev–Trinajstić information content (AvgIpc) is 3.95. The minimum atomic E-state index is -0.0708. The van der Waals surface area contributed by atoms with Crippen LogP contribution in [0.15, 0.2) is 127 Å². The maximum Gasteiger partial charge on any atom is 0.0509 e. The molecule has 0 amide bonds. The summed E-state index contributed by atoms with van der Waals surface area (Å²) in [5.41, 5.74) is 22.1. The smallest absolute Gasteiger partial charge is 0.0509 e. The van der Waals surface area contributed by atoms with Crippen molar-refractivity contribution in [2.75, 3.05) is 4.90 Å². The second kappa shape index (κ2) is 10.7. The molecule has 4 bridgehead atoms. The minimum absolute atomic E-state index is 0.0695. The Balaban J connectivity index is 1.08. The Morgan fingerprint density at radius 3 is 1.64 bits per heavy atom. The third-order valence-electron chi connectivity index (χ3n) is 16.6. The SMILES string of the molecule is CC1(C)c2ccccc2-c2ccc(N(c3ccc4c(c3)C3(CCCC3)c3ccccc3-4)c3cccc4c3C3(c5ccccc5-4)C4CC5CC(C4)CC3C5)cc21. The van der Waals surface area contributed by atoms with Gasteiger partial charge in [-0.25, -0.2) is 0 Å². The molecule has 0 radical (unpaired) electrons. The Bertz CT molecular complexity index is 2590. The summed E-state index contributed by atoms with van der Waals surface area (Å²) in [7, 11) is 0. The van der Waals surface area contributed by atoms with Crippen LogP contribution in [0.4, 0.5) is 17.1 Å². The largest absolute Gasteiger partial charge is 0.310 e. The van der Waals surface area contributed by atoms with Crippen LogP contribution < -0.4 is 4.90 Å². The molecule has 6 aromatic rings. The number of benzene rings is 6. The van der Waals surface area contributed by atoms with Crippen molar-refractivity contribution in [3.8, 4) is 33.4 Å². The zero-order chi connectivity index (χ0) is 36.3. The zero-order valence-corrected chi connectivity index (χ0v) is 32.2. The van der Waals surface area contributed by atoms with Crippen LogP contribution in [0.25, 0.3) is 33.4 Å². The third-order valence-corrected chi connectivity index (χ3v) is 16.6. The monoisotopic (exact) mass is 711 g/mol. The highest BCUT2D eigenvalue weighted by Gasteiger charge is 2.62. The topological polar surface area (TPSA) is 3.24 Å². The lowest BCUT2D eigenvalue weighted by Gasteiger charge is -2.61. The molecule has 8 aliphatic carbocycles. The van der Waals surface area contributed by atoms with Crippen LogP contribution in [0.1, 0.15) is 105 Å². The standard InChI is InChI=1S/C54H49N/c1-52(2)45-16-6-3-12-39(45)42-22-20-37(31-48(42)52)55(38-21-23-43-40-13-4-7-17-46(40)53(49(43)32-38)24-9-10-25-53)50-19-11-15-44-41-14-5-8-18-47(41)54(51(44)50)35-27-33-26-34(29-35)30-36(54)28-33/h3-8,11-23,31-36H,9-10,24-30H2,1-2H3. The van der Waals surface area contributed by atoms with Gasteiger partial charge in [-0.05, 0) is 166 Å². The van der Waals surface area contributed by atoms with E-state index in [4.69, 9.17) is 0 Å². The highest BCUT2D eigenvalue weighted by Crippen LogP contribution is 2.71. The number of fused-ring (bicyclic) bond motifs is 11. The highest BCUT2D eigenvalue weighted by atomic mass is 15.1. The van der Waals surface area contributed by atoms with E-state index in [2.05, 4.69) is 146 Å². The molecule has 0 unspecified atom stereocenters. The summed E-state index contributed by atoms with van der Waals surface area (Å²) in [4.78, 5) is 2.74. The van der Waals surface area contributed by atoms with Gasteiger partial charge in [-0.15, -0.1) is 0 Å². The summed E-state index contributed by atoms with van der Waals surface area (Å²) >= 11 is 0. The van der Waals surface area contributed by atoms with Crippen molar-refractivity contribution < 1.29 is 0 Å². The van der Waals surface area contributed by atoms with Gasteiger partial charge in [0.25, 0.3) is 0 Å². The summed E-state index contributed by atoms with van der Waals surface area (Å²) in [6.07, 6.45) is 12.1. The Morgan fingerprint density at radius 1 is 0.455 bits per heavy atom. The fourth-order valence-corrected chi connectivity index (χ4v) is 14.7. The van der Waals surface area contributed by atoms with Gasteiger partial charge in [-0.2, -0.15) is 0 Å². The lowest BCUT2D eigenvalue weighted by atomic mass is 9.43. The number of hydrogen-bond acceptors (Lipinski definition) is 1. The Hall–Kier alpha value is -4.88. The molecule has 0 atom stereocenters. The predicted octanol–water partition coefficient (Wildman–Crippen LogP) is 14.0. The van der Waals surface area contributed by atoms with Crippen LogP contribution in [0.3, 0.4) is 0 Å². The molecule has 8 aliphatic rings. The van der Waals surface area contributed by atoms with Crippen LogP contribution in [0.5, 0.6) is 0 Å². The summed E-state index contributed by atoms with van der Waals surface area (Å²) in [5, 5.41) is 0. The van der Waals surface area contributed by atoms with Crippen molar-refractivity contribution >= 4 is 17.1 Å². The van der Waals surface area contributed by atoms with Crippen molar-refractivity contribution in [3.63, 3.8) is 0 Å². The molecule has 0 aromatic heterocycles. The predicted molar refractivity (Wildman–Crippen MR) is 227 cm³/mol. The van der Waals surface area contributed by atoms with Gasteiger partial charge in [0.2, 0.25) is 0 Å². The highest BCUT2D eigenvalue weighted by molar-refractivity contribution is 5.94. The van der Waals surface area contributed by atoms with Crippen molar-refractivity contribution in [3.05, 3.63) is 161 Å². The van der Waals surface area contributed by atoms with Crippen LogP contribution in [0, 0.1) is 23.7 Å². The fourth-order valence-electron chi connectivity index (χ4n) is 14.7. The summed E-state index contributed by atoms with van der Waals surface area (Å²) in [5.74, 6) is 3.24. The van der Waals surface area contributed by atoms with E-state index in [-0.39, 0.29) is 16.2 Å². The molecule has 55 heavy (non-hydrogen) atoms. The van der Waals surface area contributed by atoms with Crippen LogP contribution in [-0.4, -0.2) is 0 Å². The number of anilines is 3. The average molecular weight is 712 g/mol. The number of hydrogen-bond donors (Lipinski definition) is 0. The quantitative estimate of drug-likeness (QED) is 0.177. The molecule has 0 heterocycles. The van der Waals surface area contributed by atoms with Crippen LogP contribution >= 0.6 is 0 Å². The maximum absolute atomic E-state index is 2.74. The number of rotatable bonds is 3. The van der Waals surface area contributed by atoms with Gasteiger partial charge in [0.1, 0.15) is 0 Å². The zero-order valence-electron chi connectivity index (χ0n) is 32.2. The van der Waals surface area contributed by atoms with E-state index in [9.17, 15) is 0 Å². The van der Waals surface area contributed by atoms with E-state index in [1.54, 1.807) is 22.3 Å². The first kappa shape index (κ1) is 31.3. The molecule has 0 saturated heterocycles. The fraction of sp³-hybridized carbons (Fsp3) is 0.333. The van der Waals surface area contributed by atoms with Gasteiger partial charge < -0.3 is 4.90 Å². The molecular weight excluding hydrogens is 663 g/mol. The molecule has 6 aromatic carbocycles. The second-order valence-corrected chi connectivity index (χ2v) is 19.2. The Morgan fingerprint density at radius 2 is 0.964 bits per heavy atom. The normalized spacial score (nSPS) is 27.2. The number of nitrogens with zero attached hydrogens (tertiary/aromatic N) is 1.